The van der Waals surface area contributed by atoms with Crippen LogP contribution in [-0.2, 0) is 0 Å². The fraction of sp³-hybridized carbons (Fsp3) is 0. The maximum atomic E-state index is 10.1. The van der Waals surface area contributed by atoms with Gasteiger partial charge in [0.2, 0.25) is 0 Å². The highest BCUT2D eigenvalue weighted by Gasteiger charge is 2.17. The highest BCUT2D eigenvalue weighted by atomic mass is 32.1. The molecule has 2 heterocycles. The Morgan fingerprint density at radius 1 is 0.524 bits per heavy atom. The monoisotopic (exact) mass is 552 g/mol. The number of thiophene rings is 1. The summed E-state index contributed by atoms with van der Waals surface area (Å²) in [6.07, 6.45) is 0. The third-order valence-electron chi connectivity index (χ3n) is 7.94. The Balaban J connectivity index is 1.45. The summed E-state index contributed by atoms with van der Waals surface area (Å²) in [6, 6.07) is 45.7. The zero-order valence-corrected chi connectivity index (χ0v) is 23.1. The molecule has 0 aliphatic rings. The molecule has 6 aromatic carbocycles. The molecular formula is C38H20N2OS. The van der Waals surface area contributed by atoms with Crippen molar-refractivity contribution in [3.8, 4) is 45.5 Å². The minimum Gasteiger partial charge on any atom is -0.456 e. The zero-order chi connectivity index (χ0) is 28.2. The van der Waals surface area contributed by atoms with Crippen LogP contribution in [0.1, 0.15) is 11.1 Å². The third kappa shape index (κ3) is 3.71. The van der Waals surface area contributed by atoms with Gasteiger partial charge in [0.25, 0.3) is 0 Å². The lowest BCUT2D eigenvalue weighted by Gasteiger charge is -2.14. The van der Waals surface area contributed by atoms with Crippen LogP contribution in [0.25, 0.3) is 75.5 Å². The lowest BCUT2D eigenvalue weighted by atomic mass is 9.89. The molecule has 8 rings (SSSR count). The molecular weight excluding hydrogens is 532 g/mol. The van der Waals surface area contributed by atoms with E-state index in [4.69, 9.17) is 4.42 Å². The number of nitrogens with zero attached hydrogens (tertiary/aromatic N) is 2. The van der Waals surface area contributed by atoms with Crippen LogP contribution >= 0.6 is 11.3 Å². The van der Waals surface area contributed by atoms with E-state index < -0.39 is 0 Å². The van der Waals surface area contributed by atoms with Crippen LogP contribution in [0.4, 0.5) is 0 Å². The predicted octanol–water partition coefficient (Wildman–Crippen LogP) is 10.7. The van der Waals surface area contributed by atoms with Crippen molar-refractivity contribution in [3.63, 3.8) is 0 Å². The molecule has 0 fully saturated rings. The van der Waals surface area contributed by atoms with E-state index in [9.17, 15) is 10.5 Å². The van der Waals surface area contributed by atoms with Crippen molar-refractivity contribution in [1.82, 2.24) is 0 Å². The average Bonchev–Trinajstić information content (AvgIpc) is 3.62. The van der Waals surface area contributed by atoms with Crippen molar-refractivity contribution < 1.29 is 4.42 Å². The van der Waals surface area contributed by atoms with Gasteiger partial charge < -0.3 is 4.42 Å². The molecule has 0 N–H and O–H groups in total. The quantitative estimate of drug-likeness (QED) is 0.219. The first-order valence-electron chi connectivity index (χ1n) is 13.6. The van der Waals surface area contributed by atoms with E-state index in [0.29, 0.717) is 11.1 Å². The molecule has 0 spiro atoms. The van der Waals surface area contributed by atoms with Crippen LogP contribution < -0.4 is 0 Å². The highest BCUT2D eigenvalue weighted by molar-refractivity contribution is 7.26. The third-order valence-corrected chi connectivity index (χ3v) is 9.16. The summed E-state index contributed by atoms with van der Waals surface area (Å²) in [5.41, 5.74) is 8.67. The van der Waals surface area contributed by atoms with Gasteiger partial charge in [0.1, 0.15) is 11.2 Å². The molecule has 0 unspecified atom stereocenters. The summed E-state index contributed by atoms with van der Waals surface area (Å²) in [5, 5.41) is 24.1. The Bertz CT molecular complexity index is 2450. The van der Waals surface area contributed by atoms with Crippen molar-refractivity contribution in [2.75, 3.05) is 0 Å². The van der Waals surface area contributed by atoms with Crippen LogP contribution in [-0.4, -0.2) is 0 Å². The number of furan rings is 1. The van der Waals surface area contributed by atoms with Gasteiger partial charge >= 0.3 is 0 Å². The lowest BCUT2D eigenvalue weighted by molar-refractivity contribution is 0.669. The van der Waals surface area contributed by atoms with Crippen LogP contribution in [0, 0.1) is 22.7 Å². The standard InChI is InChI=1S/C38H20N2OS/c39-21-23-15-16-28(27(17-23)22-40)24-18-25(29-9-6-13-35-37(29)33-8-1-3-12-34(33)41-35)20-26(19-24)30-10-5-11-32-31-7-2-4-14-36(31)42-38(30)32/h1-20H. The van der Waals surface area contributed by atoms with Crippen LogP contribution in [0.15, 0.2) is 126 Å². The van der Waals surface area contributed by atoms with Gasteiger partial charge in [0, 0.05) is 30.9 Å². The van der Waals surface area contributed by atoms with E-state index >= 15 is 0 Å². The number of hydrogen-bond donors (Lipinski definition) is 0. The maximum Gasteiger partial charge on any atom is 0.136 e. The summed E-state index contributed by atoms with van der Waals surface area (Å²) in [4.78, 5) is 0. The number of hydrogen-bond acceptors (Lipinski definition) is 4. The van der Waals surface area contributed by atoms with Crippen molar-refractivity contribution in [3.05, 3.63) is 132 Å². The average molecular weight is 553 g/mol. The molecule has 2 aromatic heterocycles. The molecule has 3 nitrogen and oxygen atoms in total. The fourth-order valence-corrected chi connectivity index (χ4v) is 7.28. The summed E-state index contributed by atoms with van der Waals surface area (Å²) in [6.45, 7) is 0. The SMILES string of the molecule is N#Cc1ccc(-c2cc(-c3cccc4c3sc3ccccc34)cc(-c3cccc4oc5ccccc5c34)c2)c(C#N)c1. The van der Waals surface area contributed by atoms with Crippen molar-refractivity contribution >= 4 is 53.4 Å². The zero-order valence-electron chi connectivity index (χ0n) is 22.3. The molecule has 0 atom stereocenters. The number of rotatable bonds is 3. The molecule has 0 amide bonds. The molecule has 0 saturated heterocycles. The van der Waals surface area contributed by atoms with Gasteiger partial charge in [-0.3, -0.25) is 0 Å². The number of benzene rings is 6. The second kappa shape index (κ2) is 9.46. The Hall–Kier alpha value is -5.68. The van der Waals surface area contributed by atoms with E-state index in [2.05, 4.69) is 84.9 Å². The van der Waals surface area contributed by atoms with Gasteiger partial charge in [-0.2, -0.15) is 10.5 Å². The normalized spacial score (nSPS) is 11.3. The summed E-state index contributed by atoms with van der Waals surface area (Å²) >= 11 is 1.80. The minimum absolute atomic E-state index is 0.469. The van der Waals surface area contributed by atoms with E-state index in [1.165, 1.54) is 20.2 Å². The van der Waals surface area contributed by atoms with Gasteiger partial charge in [-0.05, 0) is 81.9 Å². The smallest absolute Gasteiger partial charge is 0.136 e. The molecule has 0 aliphatic carbocycles. The van der Waals surface area contributed by atoms with Gasteiger partial charge in [-0.1, -0.05) is 72.8 Å². The maximum absolute atomic E-state index is 10.1. The fourth-order valence-electron chi connectivity index (χ4n) is 6.04. The number of nitriles is 2. The Morgan fingerprint density at radius 3 is 2.02 bits per heavy atom. The molecule has 194 valence electrons. The molecule has 0 bridgehead atoms. The second-order valence-electron chi connectivity index (χ2n) is 10.3. The molecule has 42 heavy (non-hydrogen) atoms. The van der Waals surface area contributed by atoms with Crippen LogP contribution in [0.2, 0.25) is 0 Å². The predicted molar refractivity (Wildman–Crippen MR) is 172 cm³/mol. The lowest BCUT2D eigenvalue weighted by Crippen LogP contribution is -1.90. The summed E-state index contributed by atoms with van der Waals surface area (Å²) < 4.78 is 8.71. The molecule has 0 aliphatic heterocycles. The van der Waals surface area contributed by atoms with Gasteiger partial charge in [0.15, 0.2) is 0 Å². The van der Waals surface area contributed by atoms with Crippen LogP contribution in [0.5, 0.6) is 0 Å². The first kappa shape index (κ1) is 24.1. The molecule has 0 radical (unpaired) electrons. The largest absolute Gasteiger partial charge is 0.456 e. The van der Waals surface area contributed by atoms with E-state index in [1.807, 2.05) is 36.4 Å². The van der Waals surface area contributed by atoms with E-state index in [-0.39, 0.29) is 0 Å². The van der Waals surface area contributed by atoms with Crippen molar-refractivity contribution in [2.24, 2.45) is 0 Å². The molecule has 8 aromatic rings. The van der Waals surface area contributed by atoms with E-state index in [0.717, 1.165) is 55.3 Å². The number of para-hydroxylation sites is 1. The molecule has 0 saturated carbocycles. The first-order valence-corrected chi connectivity index (χ1v) is 14.4. The summed E-state index contributed by atoms with van der Waals surface area (Å²) in [5.74, 6) is 0. The highest BCUT2D eigenvalue weighted by Crippen LogP contribution is 2.44. The van der Waals surface area contributed by atoms with E-state index in [1.54, 1.807) is 23.5 Å². The second-order valence-corrected chi connectivity index (χ2v) is 11.4. The van der Waals surface area contributed by atoms with Gasteiger partial charge in [-0.15, -0.1) is 11.3 Å². The van der Waals surface area contributed by atoms with Crippen molar-refractivity contribution in [2.45, 2.75) is 0 Å². The Labute approximate surface area is 245 Å². The minimum atomic E-state index is 0.469. The Morgan fingerprint density at radius 2 is 1.19 bits per heavy atom. The Kier molecular flexibility index (Phi) is 5.44. The summed E-state index contributed by atoms with van der Waals surface area (Å²) in [7, 11) is 0. The van der Waals surface area contributed by atoms with Gasteiger partial charge in [-0.25, -0.2) is 0 Å². The topological polar surface area (TPSA) is 60.7 Å². The van der Waals surface area contributed by atoms with Crippen molar-refractivity contribution in [1.29, 1.82) is 10.5 Å². The molecule has 4 heteroatoms. The first-order chi connectivity index (χ1) is 20.7. The van der Waals surface area contributed by atoms with Gasteiger partial charge in [0.05, 0.1) is 23.3 Å². The number of fused-ring (bicyclic) bond motifs is 6. The van der Waals surface area contributed by atoms with Crippen LogP contribution in [0.3, 0.4) is 0 Å².